The SMILES string of the molecule is COC(=O)c1cn(CC(=O)NC(=O)NCC(C)C)nn1. The van der Waals surface area contributed by atoms with Crippen LogP contribution < -0.4 is 10.6 Å². The summed E-state index contributed by atoms with van der Waals surface area (Å²) < 4.78 is 5.59. The lowest BCUT2D eigenvalue weighted by Gasteiger charge is -2.08. The van der Waals surface area contributed by atoms with E-state index >= 15 is 0 Å². The molecule has 1 heterocycles. The van der Waals surface area contributed by atoms with Gasteiger partial charge in [0.1, 0.15) is 6.54 Å². The zero-order chi connectivity index (χ0) is 15.1. The van der Waals surface area contributed by atoms with Crippen molar-refractivity contribution in [3.05, 3.63) is 11.9 Å². The second kappa shape index (κ2) is 7.22. The molecule has 0 aromatic carbocycles. The summed E-state index contributed by atoms with van der Waals surface area (Å²) in [5.41, 5.74) is -0.00967. The monoisotopic (exact) mass is 283 g/mol. The Morgan fingerprint density at radius 1 is 1.40 bits per heavy atom. The largest absolute Gasteiger partial charge is 0.464 e. The first-order valence-corrected chi connectivity index (χ1v) is 5.98. The van der Waals surface area contributed by atoms with Crippen LogP contribution in [0.2, 0.25) is 0 Å². The Labute approximate surface area is 115 Å². The predicted octanol–water partition coefficient (Wildman–Crippen LogP) is -0.453. The number of carbonyl (C=O) groups is 3. The lowest BCUT2D eigenvalue weighted by Crippen LogP contribution is -2.42. The summed E-state index contributed by atoms with van der Waals surface area (Å²) in [5.74, 6) is -0.923. The van der Waals surface area contributed by atoms with Crippen LogP contribution in [0.1, 0.15) is 24.3 Å². The molecule has 20 heavy (non-hydrogen) atoms. The van der Waals surface area contributed by atoms with Gasteiger partial charge in [-0.25, -0.2) is 14.3 Å². The quantitative estimate of drug-likeness (QED) is 0.707. The summed E-state index contributed by atoms with van der Waals surface area (Å²) in [6, 6.07) is -0.572. The second-order valence-corrected chi connectivity index (χ2v) is 4.44. The number of nitrogens with zero attached hydrogens (tertiary/aromatic N) is 3. The summed E-state index contributed by atoms with van der Waals surface area (Å²) in [7, 11) is 1.22. The van der Waals surface area contributed by atoms with Gasteiger partial charge >= 0.3 is 12.0 Å². The van der Waals surface area contributed by atoms with Crippen LogP contribution in [-0.4, -0.2) is 46.6 Å². The molecule has 0 atom stereocenters. The minimum absolute atomic E-state index is 0.00967. The van der Waals surface area contributed by atoms with Gasteiger partial charge in [0, 0.05) is 6.54 Å². The highest BCUT2D eigenvalue weighted by Gasteiger charge is 2.13. The van der Waals surface area contributed by atoms with Gasteiger partial charge in [0.25, 0.3) is 0 Å². The first-order valence-electron chi connectivity index (χ1n) is 5.98. The molecular formula is C11H17N5O4. The van der Waals surface area contributed by atoms with E-state index in [0.29, 0.717) is 6.54 Å². The van der Waals surface area contributed by atoms with Crippen LogP contribution in [0.3, 0.4) is 0 Å². The normalized spacial score (nSPS) is 10.2. The van der Waals surface area contributed by atoms with Gasteiger partial charge < -0.3 is 10.1 Å². The number of rotatable bonds is 5. The summed E-state index contributed by atoms with van der Waals surface area (Å²) >= 11 is 0. The fraction of sp³-hybridized carbons (Fsp3) is 0.545. The molecule has 9 nitrogen and oxygen atoms in total. The fourth-order valence-electron chi connectivity index (χ4n) is 1.23. The smallest absolute Gasteiger partial charge is 0.360 e. The third-order valence-corrected chi connectivity index (χ3v) is 2.16. The number of ether oxygens (including phenoxy) is 1. The number of nitrogens with one attached hydrogen (secondary N) is 2. The Bertz CT molecular complexity index is 497. The number of hydrogen-bond acceptors (Lipinski definition) is 6. The van der Waals surface area contributed by atoms with Crippen molar-refractivity contribution in [2.24, 2.45) is 5.92 Å². The topological polar surface area (TPSA) is 115 Å². The van der Waals surface area contributed by atoms with Crippen molar-refractivity contribution in [1.82, 2.24) is 25.6 Å². The standard InChI is InChI=1S/C11H17N5O4/c1-7(2)4-12-11(19)13-9(17)6-16-5-8(14-15-16)10(18)20-3/h5,7H,4,6H2,1-3H3,(H2,12,13,17,19). The lowest BCUT2D eigenvalue weighted by atomic mass is 10.2. The molecule has 0 aliphatic carbocycles. The van der Waals surface area contributed by atoms with Gasteiger partial charge in [-0.1, -0.05) is 19.1 Å². The van der Waals surface area contributed by atoms with Gasteiger partial charge in [0.15, 0.2) is 5.69 Å². The molecule has 0 unspecified atom stereocenters. The molecular weight excluding hydrogens is 266 g/mol. The first kappa shape index (κ1) is 15.6. The van der Waals surface area contributed by atoms with Gasteiger partial charge in [-0.15, -0.1) is 5.10 Å². The molecule has 0 spiro atoms. The van der Waals surface area contributed by atoms with Crippen molar-refractivity contribution in [2.75, 3.05) is 13.7 Å². The second-order valence-electron chi connectivity index (χ2n) is 4.44. The minimum Gasteiger partial charge on any atom is -0.464 e. The van der Waals surface area contributed by atoms with E-state index in [1.54, 1.807) is 0 Å². The van der Waals surface area contributed by atoms with Crippen molar-refractivity contribution in [3.8, 4) is 0 Å². The molecule has 1 aromatic heterocycles. The molecule has 9 heteroatoms. The Morgan fingerprint density at radius 2 is 2.10 bits per heavy atom. The Kier molecular flexibility index (Phi) is 5.63. The Hall–Kier alpha value is -2.45. The van der Waals surface area contributed by atoms with Gasteiger partial charge in [0.05, 0.1) is 13.3 Å². The molecule has 2 N–H and O–H groups in total. The van der Waals surface area contributed by atoms with Crippen molar-refractivity contribution in [2.45, 2.75) is 20.4 Å². The highest BCUT2D eigenvalue weighted by molar-refractivity contribution is 5.94. The molecule has 0 bridgehead atoms. The highest BCUT2D eigenvalue weighted by atomic mass is 16.5. The number of amides is 3. The van der Waals surface area contributed by atoms with E-state index in [4.69, 9.17) is 0 Å². The van der Waals surface area contributed by atoms with E-state index in [9.17, 15) is 14.4 Å². The zero-order valence-corrected chi connectivity index (χ0v) is 11.5. The summed E-state index contributed by atoms with van der Waals surface area (Å²) in [5, 5.41) is 11.8. The number of imide groups is 1. The van der Waals surface area contributed by atoms with Crippen molar-refractivity contribution in [1.29, 1.82) is 0 Å². The highest BCUT2D eigenvalue weighted by Crippen LogP contribution is 1.95. The molecule has 0 saturated heterocycles. The van der Waals surface area contributed by atoms with Gasteiger partial charge in [-0.2, -0.15) is 0 Å². The van der Waals surface area contributed by atoms with E-state index in [1.807, 2.05) is 13.8 Å². The lowest BCUT2D eigenvalue weighted by molar-refractivity contribution is -0.120. The molecule has 1 rings (SSSR count). The molecule has 0 radical (unpaired) electrons. The van der Waals surface area contributed by atoms with Gasteiger partial charge in [-0.3, -0.25) is 10.1 Å². The van der Waals surface area contributed by atoms with E-state index in [2.05, 4.69) is 25.7 Å². The maximum Gasteiger partial charge on any atom is 0.360 e. The van der Waals surface area contributed by atoms with Crippen LogP contribution in [0, 0.1) is 5.92 Å². The van der Waals surface area contributed by atoms with Crippen LogP contribution >= 0.6 is 0 Å². The van der Waals surface area contributed by atoms with E-state index in [0.717, 1.165) is 4.68 Å². The number of aromatic nitrogens is 3. The average Bonchev–Trinajstić information content (AvgIpc) is 2.83. The molecule has 3 amide bonds. The van der Waals surface area contributed by atoms with E-state index in [-0.39, 0.29) is 18.2 Å². The zero-order valence-electron chi connectivity index (χ0n) is 11.5. The number of hydrogen-bond donors (Lipinski definition) is 2. The van der Waals surface area contributed by atoms with Crippen molar-refractivity contribution >= 4 is 17.9 Å². The fourth-order valence-corrected chi connectivity index (χ4v) is 1.23. The van der Waals surface area contributed by atoms with Crippen LogP contribution in [0.15, 0.2) is 6.20 Å². The van der Waals surface area contributed by atoms with Gasteiger partial charge in [-0.05, 0) is 5.92 Å². The summed E-state index contributed by atoms with van der Waals surface area (Å²) in [4.78, 5) is 34.0. The first-order chi connectivity index (χ1) is 9.42. The number of carbonyl (C=O) groups excluding carboxylic acids is 3. The maximum absolute atomic E-state index is 11.5. The molecule has 0 aliphatic heterocycles. The molecule has 0 saturated carbocycles. The van der Waals surface area contributed by atoms with E-state index < -0.39 is 17.9 Å². The summed E-state index contributed by atoms with van der Waals surface area (Å²) in [6.07, 6.45) is 1.26. The third-order valence-electron chi connectivity index (χ3n) is 2.16. The van der Waals surface area contributed by atoms with Crippen LogP contribution in [0.25, 0.3) is 0 Å². The van der Waals surface area contributed by atoms with Crippen LogP contribution in [-0.2, 0) is 16.1 Å². The van der Waals surface area contributed by atoms with Gasteiger partial charge in [0.2, 0.25) is 5.91 Å². The minimum atomic E-state index is -0.647. The number of esters is 1. The molecule has 0 aliphatic rings. The molecule has 1 aromatic rings. The van der Waals surface area contributed by atoms with Crippen LogP contribution in [0.5, 0.6) is 0 Å². The maximum atomic E-state index is 11.5. The average molecular weight is 283 g/mol. The number of methoxy groups -OCH3 is 1. The summed E-state index contributed by atoms with van der Waals surface area (Å²) in [6.45, 7) is 4.12. The number of urea groups is 1. The molecule has 0 fully saturated rings. The van der Waals surface area contributed by atoms with Crippen LogP contribution in [0.4, 0.5) is 4.79 Å². The molecule has 110 valence electrons. The Morgan fingerprint density at radius 3 is 2.70 bits per heavy atom. The van der Waals surface area contributed by atoms with E-state index in [1.165, 1.54) is 13.3 Å². The predicted molar refractivity (Wildman–Crippen MR) is 67.7 cm³/mol. The van der Waals surface area contributed by atoms with Crippen molar-refractivity contribution in [3.63, 3.8) is 0 Å². The van der Waals surface area contributed by atoms with Crippen molar-refractivity contribution < 1.29 is 19.1 Å². The third kappa shape index (κ3) is 5.04. The Balaban J connectivity index is 2.44.